The number of nitrogens with two attached hydrogens (primary N) is 1. The van der Waals surface area contributed by atoms with Crippen molar-refractivity contribution in [3.8, 4) is 0 Å². The third kappa shape index (κ3) is 3.50. The molecule has 2 N–H and O–H groups in total. The van der Waals surface area contributed by atoms with Gasteiger partial charge < -0.3 is 15.5 Å². The number of carbonyl (C=O) groups excluding carboxylic acids is 2. The highest BCUT2D eigenvalue weighted by atomic mass is 16.2. The van der Waals surface area contributed by atoms with Crippen molar-refractivity contribution in [2.45, 2.75) is 25.9 Å². The number of hydrogen-bond donors (Lipinski definition) is 1. The van der Waals surface area contributed by atoms with Gasteiger partial charge in [-0.3, -0.25) is 9.59 Å². The Kier molecular flexibility index (Phi) is 4.74. The summed E-state index contributed by atoms with van der Waals surface area (Å²) in [6.07, 6.45) is 0.176. The van der Waals surface area contributed by atoms with Crippen LogP contribution < -0.4 is 10.6 Å². The Morgan fingerprint density at radius 1 is 1.12 bits per heavy atom. The van der Waals surface area contributed by atoms with E-state index in [2.05, 4.69) is 24.0 Å². The highest BCUT2D eigenvalue weighted by molar-refractivity contribution is 5.95. The Balaban J connectivity index is 1.86. The number of likely N-dealkylation sites (N-methyl/N-ethyl adjacent to an activating group) is 1. The molecule has 2 aromatic rings. The minimum absolute atomic E-state index is 0.00584. The monoisotopic (exact) mass is 337 g/mol. The first kappa shape index (κ1) is 17.0. The maximum atomic E-state index is 13.0. The van der Waals surface area contributed by atoms with Crippen molar-refractivity contribution in [1.82, 2.24) is 4.90 Å². The fourth-order valence-electron chi connectivity index (χ4n) is 3.46. The summed E-state index contributed by atoms with van der Waals surface area (Å²) in [6.45, 7) is 3.39. The zero-order valence-corrected chi connectivity index (χ0v) is 14.6. The Morgan fingerprint density at radius 3 is 2.56 bits per heavy atom. The molecule has 0 aromatic heterocycles. The normalized spacial score (nSPS) is 17.0. The van der Waals surface area contributed by atoms with Crippen LogP contribution in [-0.4, -0.2) is 36.3 Å². The molecule has 5 nitrogen and oxygen atoms in total. The number of fused-ring (bicyclic) bond motifs is 1. The van der Waals surface area contributed by atoms with Crippen LogP contribution in [0.3, 0.4) is 0 Å². The molecule has 1 aliphatic rings. The van der Waals surface area contributed by atoms with Crippen LogP contribution in [-0.2, 0) is 17.8 Å². The standard InChI is InChI=1S/C20H23N3O2/c1-14-12-22(2)18-10-6-4-8-16(18)13-23(14)19(24)11-15-7-3-5-9-17(15)20(21)25/h3-10,14H,11-13H2,1-2H3,(H2,21,25). The molecule has 1 aliphatic heterocycles. The number of hydrogen-bond acceptors (Lipinski definition) is 3. The summed E-state index contributed by atoms with van der Waals surface area (Å²) in [5, 5.41) is 0. The largest absolute Gasteiger partial charge is 0.372 e. The lowest BCUT2D eigenvalue weighted by Gasteiger charge is -2.29. The Labute approximate surface area is 148 Å². The fourth-order valence-corrected chi connectivity index (χ4v) is 3.46. The molecular weight excluding hydrogens is 314 g/mol. The maximum Gasteiger partial charge on any atom is 0.248 e. The van der Waals surface area contributed by atoms with Crippen LogP contribution in [0.5, 0.6) is 0 Å². The van der Waals surface area contributed by atoms with Crippen molar-refractivity contribution in [3.05, 3.63) is 65.2 Å². The molecule has 0 saturated carbocycles. The van der Waals surface area contributed by atoms with Gasteiger partial charge in [0.25, 0.3) is 0 Å². The summed E-state index contributed by atoms with van der Waals surface area (Å²) in [6, 6.07) is 15.3. The van der Waals surface area contributed by atoms with Gasteiger partial charge in [0.15, 0.2) is 0 Å². The minimum atomic E-state index is -0.502. The number of amides is 2. The average molecular weight is 337 g/mol. The molecule has 0 radical (unpaired) electrons. The van der Waals surface area contributed by atoms with Crippen LogP contribution in [0.15, 0.2) is 48.5 Å². The molecule has 3 rings (SSSR count). The van der Waals surface area contributed by atoms with Crippen LogP contribution in [0.2, 0.25) is 0 Å². The van der Waals surface area contributed by atoms with Gasteiger partial charge >= 0.3 is 0 Å². The molecule has 1 unspecified atom stereocenters. The molecule has 5 heteroatoms. The quantitative estimate of drug-likeness (QED) is 0.934. The summed E-state index contributed by atoms with van der Waals surface area (Å²) >= 11 is 0. The van der Waals surface area contributed by atoms with Gasteiger partial charge in [-0.15, -0.1) is 0 Å². The fraction of sp³-hybridized carbons (Fsp3) is 0.300. The first-order chi connectivity index (χ1) is 12.0. The molecule has 25 heavy (non-hydrogen) atoms. The van der Waals surface area contributed by atoms with Gasteiger partial charge in [0.1, 0.15) is 0 Å². The van der Waals surface area contributed by atoms with E-state index in [1.807, 2.05) is 30.1 Å². The SMILES string of the molecule is CC1CN(C)c2ccccc2CN1C(=O)Cc1ccccc1C(N)=O. The summed E-state index contributed by atoms with van der Waals surface area (Å²) < 4.78 is 0. The zero-order chi connectivity index (χ0) is 18.0. The van der Waals surface area contributed by atoms with Crippen molar-refractivity contribution < 1.29 is 9.59 Å². The third-order valence-electron chi connectivity index (χ3n) is 4.76. The number of nitrogens with zero attached hydrogens (tertiary/aromatic N) is 2. The number of benzene rings is 2. The molecule has 0 saturated heterocycles. The van der Waals surface area contributed by atoms with E-state index in [9.17, 15) is 9.59 Å². The van der Waals surface area contributed by atoms with E-state index >= 15 is 0 Å². The minimum Gasteiger partial charge on any atom is -0.372 e. The van der Waals surface area contributed by atoms with E-state index in [1.54, 1.807) is 18.2 Å². The third-order valence-corrected chi connectivity index (χ3v) is 4.76. The molecule has 0 spiro atoms. The van der Waals surface area contributed by atoms with Crippen LogP contribution in [0, 0.1) is 0 Å². The van der Waals surface area contributed by atoms with Crippen molar-refractivity contribution in [3.63, 3.8) is 0 Å². The second-order valence-corrected chi connectivity index (χ2v) is 6.58. The number of rotatable bonds is 3. The van der Waals surface area contributed by atoms with Gasteiger partial charge in [-0.1, -0.05) is 36.4 Å². The molecule has 1 heterocycles. The summed E-state index contributed by atoms with van der Waals surface area (Å²) in [5.41, 5.74) is 8.81. The molecule has 130 valence electrons. The first-order valence-electron chi connectivity index (χ1n) is 8.43. The van der Waals surface area contributed by atoms with Gasteiger partial charge in [-0.25, -0.2) is 0 Å². The van der Waals surface area contributed by atoms with E-state index < -0.39 is 5.91 Å². The van der Waals surface area contributed by atoms with E-state index in [4.69, 9.17) is 5.73 Å². The molecule has 2 aromatic carbocycles. The highest BCUT2D eigenvalue weighted by Crippen LogP contribution is 2.26. The number of anilines is 1. The van der Waals surface area contributed by atoms with E-state index in [0.29, 0.717) is 17.7 Å². The lowest BCUT2D eigenvalue weighted by molar-refractivity contribution is -0.132. The summed E-state index contributed by atoms with van der Waals surface area (Å²) in [4.78, 5) is 28.6. The van der Waals surface area contributed by atoms with E-state index in [-0.39, 0.29) is 18.4 Å². The number of primary amides is 1. The van der Waals surface area contributed by atoms with Crippen molar-refractivity contribution in [1.29, 1.82) is 0 Å². The zero-order valence-electron chi connectivity index (χ0n) is 14.6. The summed E-state index contributed by atoms with van der Waals surface area (Å²) in [7, 11) is 2.05. The Hall–Kier alpha value is -2.82. The smallest absolute Gasteiger partial charge is 0.248 e. The highest BCUT2D eigenvalue weighted by Gasteiger charge is 2.27. The maximum absolute atomic E-state index is 13.0. The van der Waals surface area contributed by atoms with Gasteiger partial charge in [-0.2, -0.15) is 0 Å². The molecular formula is C20H23N3O2. The number of carbonyl (C=O) groups is 2. The average Bonchev–Trinajstić information content (AvgIpc) is 2.72. The second-order valence-electron chi connectivity index (χ2n) is 6.58. The van der Waals surface area contributed by atoms with Crippen molar-refractivity contribution >= 4 is 17.5 Å². The molecule has 0 fully saturated rings. The van der Waals surface area contributed by atoms with E-state index in [1.165, 1.54) is 0 Å². The van der Waals surface area contributed by atoms with Gasteiger partial charge in [0, 0.05) is 37.4 Å². The van der Waals surface area contributed by atoms with Crippen molar-refractivity contribution in [2.75, 3.05) is 18.5 Å². The lowest BCUT2D eigenvalue weighted by Crippen LogP contribution is -2.42. The van der Waals surface area contributed by atoms with Crippen LogP contribution in [0.25, 0.3) is 0 Å². The summed E-state index contributed by atoms with van der Waals surface area (Å²) in [5.74, 6) is -0.497. The number of para-hydroxylation sites is 1. The predicted octanol–water partition coefficient (Wildman–Crippen LogP) is 2.20. The van der Waals surface area contributed by atoms with Gasteiger partial charge in [0.05, 0.1) is 6.42 Å². The lowest BCUT2D eigenvalue weighted by atomic mass is 10.0. The molecule has 1 atom stereocenters. The van der Waals surface area contributed by atoms with Crippen LogP contribution in [0.1, 0.15) is 28.4 Å². The molecule has 2 amide bonds. The molecule has 0 bridgehead atoms. The second kappa shape index (κ2) is 6.97. The predicted molar refractivity (Wildman–Crippen MR) is 98.4 cm³/mol. The van der Waals surface area contributed by atoms with Crippen LogP contribution >= 0.6 is 0 Å². The van der Waals surface area contributed by atoms with Crippen LogP contribution in [0.4, 0.5) is 5.69 Å². The molecule has 0 aliphatic carbocycles. The topological polar surface area (TPSA) is 66.6 Å². The first-order valence-corrected chi connectivity index (χ1v) is 8.43. The Bertz CT molecular complexity index is 803. The van der Waals surface area contributed by atoms with Gasteiger partial charge in [-0.05, 0) is 30.2 Å². The van der Waals surface area contributed by atoms with Crippen molar-refractivity contribution in [2.24, 2.45) is 5.73 Å². The van der Waals surface area contributed by atoms with Gasteiger partial charge in [0.2, 0.25) is 11.8 Å². The van der Waals surface area contributed by atoms with E-state index in [0.717, 1.165) is 17.8 Å². The Morgan fingerprint density at radius 2 is 1.80 bits per heavy atom.